The van der Waals surface area contributed by atoms with E-state index in [1.807, 2.05) is 0 Å². The van der Waals surface area contributed by atoms with Gasteiger partial charge < -0.3 is 0 Å². The highest BCUT2D eigenvalue weighted by Crippen LogP contribution is 2.38. The van der Waals surface area contributed by atoms with Crippen molar-refractivity contribution in [2.24, 2.45) is 0 Å². The lowest BCUT2D eigenvalue weighted by Gasteiger charge is -2.15. The summed E-state index contributed by atoms with van der Waals surface area (Å²) >= 11 is 11.1. The Balaban J connectivity index is 2.71. The number of halogens is 9. The van der Waals surface area contributed by atoms with Crippen LogP contribution >= 0.6 is 43.5 Å². The Bertz CT molecular complexity index is 839. The molecule has 0 spiro atoms. The monoisotopic (exact) mass is 498 g/mol. The van der Waals surface area contributed by atoms with Gasteiger partial charge in [0.25, 0.3) is 5.56 Å². The van der Waals surface area contributed by atoms with Crippen molar-refractivity contribution in [1.29, 1.82) is 0 Å². The van der Waals surface area contributed by atoms with Gasteiger partial charge in [0.15, 0.2) is 5.69 Å². The van der Waals surface area contributed by atoms with Crippen molar-refractivity contribution in [3.8, 4) is 5.69 Å². The van der Waals surface area contributed by atoms with Crippen molar-refractivity contribution >= 4 is 43.5 Å². The third-order valence-electron chi connectivity index (χ3n) is 2.77. The van der Waals surface area contributed by atoms with Gasteiger partial charge in [0, 0.05) is 8.95 Å². The normalized spacial score (nSPS) is 12.5. The fourth-order valence-corrected chi connectivity index (χ4v) is 3.56. The molecule has 0 aliphatic carbocycles. The van der Waals surface area contributed by atoms with Crippen molar-refractivity contribution in [1.82, 2.24) is 9.55 Å². The second-order valence-corrected chi connectivity index (χ2v) is 6.45. The Morgan fingerprint density at radius 1 is 1.00 bits per heavy atom. The number of nitrogens with zero attached hydrogens (tertiary/aromatic N) is 2. The lowest BCUT2D eigenvalue weighted by molar-refractivity contribution is -0.141. The molecule has 0 saturated carbocycles. The zero-order chi connectivity index (χ0) is 18.4. The van der Waals surface area contributed by atoms with E-state index in [4.69, 9.17) is 11.6 Å². The molecule has 2 rings (SSSR count). The molecular formula is C12H3Br2ClF6N2O. The van der Waals surface area contributed by atoms with Gasteiger partial charge in [0.05, 0.1) is 11.3 Å². The fraction of sp³-hybridized carbons (Fsp3) is 0.167. The Morgan fingerprint density at radius 3 is 1.92 bits per heavy atom. The maximum Gasteiger partial charge on any atom is 0.435 e. The Kier molecular flexibility index (Phi) is 5.09. The van der Waals surface area contributed by atoms with Crippen LogP contribution in [0.3, 0.4) is 0 Å². The number of rotatable bonds is 1. The van der Waals surface area contributed by atoms with Gasteiger partial charge in [0.1, 0.15) is 11.3 Å². The summed E-state index contributed by atoms with van der Waals surface area (Å²) in [4.78, 5) is 15.1. The average molecular weight is 500 g/mol. The molecule has 0 amide bonds. The van der Waals surface area contributed by atoms with Crippen LogP contribution in [-0.2, 0) is 12.4 Å². The maximum absolute atomic E-state index is 12.7. The third kappa shape index (κ3) is 3.62. The lowest BCUT2D eigenvalue weighted by Crippen LogP contribution is -2.25. The first-order valence-corrected chi connectivity index (χ1v) is 7.71. The van der Waals surface area contributed by atoms with E-state index in [2.05, 4.69) is 36.8 Å². The van der Waals surface area contributed by atoms with E-state index in [9.17, 15) is 31.1 Å². The SMILES string of the molecule is O=c1c(Cl)c(C(F)(F)F)ncn1-c1c(Br)cc(C(F)(F)F)cc1Br. The zero-order valence-electron chi connectivity index (χ0n) is 10.9. The van der Waals surface area contributed by atoms with E-state index in [0.29, 0.717) is 23.0 Å². The number of benzene rings is 1. The molecule has 12 heteroatoms. The lowest BCUT2D eigenvalue weighted by atomic mass is 10.2. The van der Waals surface area contributed by atoms with Gasteiger partial charge in [-0.3, -0.25) is 9.36 Å². The van der Waals surface area contributed by atoms with Crippen LogP contribution in [-0.4, -0.2) is 9.55 Å². The van der Waals surface area contributed by atoms with Gasteiger partial charge in [-0.15, -0.1) is 0 Å². The molecule has 1 heterocycles. The molecule has 3 nitrogen and oxygen atoms in total. The highest BCUT2D eigenvalue weighted by molar-refractivity contribution is 9.11. The molecule has 1 aromatic heterocycles. The van der Waals surface area contributed by atoms with Crippen molar-refractivity contribution in [3.05, 3.63) is 54.0 Å². The van der Waals surface area contributed by atoms with Crippen molar-refractivity contribution in [3.63, 3.8) is 0 Å². The molecule has 0 aliphatic rings. The second kappa shape index (κ2) is 6.34. The van der Waals surface area contributed by atoms with E-state index in [1.54, 1.807) is 0 Å². The fourth-order valence-electron chi connectivity index (χ4n) is 1.75. The molecular weight excluding hydrogens is 497 g/mol. The number of hydrogen-bond acceptors (Lipinski definition) is 2. The molecule has 0 N–H and O–H groups in total. The number of hydrogen-bond donors (Lipinski definition) is 0. The quantitative estimate of drug-likeness (QED) is 0.489. The summed E-state index contributed by atoms with van der Waals surface area (Å²) in [6.45, 7) is 0. The molecule has 2 aromatic rings. The standard InChI is InChI=1S/C12H3Br2ClF6N2O/c13-5-1-4(11(16,17)18)2-6(14)8(5)23-3-22-9(12(19,20)21)7(15)10(23)24/h1-3H. The molecule has 0 atom stereocenters. The van der Waals surface area contributed by atoms with Crippen LogP contribution in [0.15, 0.2) is 32.2 Å². The van der Waals surface area contributed by atoms with Crippen LogP contribution in [0.1, 0.15) is 11.3 Å². The highest BCUT2D eigenvalue weighted by Gasteiger charge is 2.37. The van der Waals surface area contributed by atoms with Crippen molar-refractivity contribution in [2.45, 2.75) is 12.4 Å². The molecule has 0 fully saturated rings. The molecule has 0 bridgehead atoms. The largest absolute Gasteiger partial charge is 0.435 e. The second-order valence-electron chi connectivity index (χ2n) is 4.37. The first-order valence-electron chi connectivity index (χ1n) is 5.75. The van der Waals surface area contributed by atoms with Gasteiger partial charge in [0.2, 0.25) is 0 Å². The van der Waals surface area contributed by atoms with Crippen LogP contribution in [0.25, 0.3) is 5.69 Å². The van der Waals surface area contributed by atoms with Gasteiger partial charge in [-0.2, -0.15) is 26.3 Å². The minimum atomic E-state index is -4.94. The summed E-state index contributed by atoms with van der Waals surface area (Å²) < 4.78 is 76.4. The topological polar surface area (TPSA) is 34.9 Å². The van der Waals surface area contributed by atoms with Gasteiger partial charge >= 0.3 is 12.4 Å². The first-order chi connectivity index (χ1) is 10.8. The summed E-state index contributed by atoms with van der Waals surface area (Å²) in [5.74, 6) is 0. The Labute approximate surface area is 151 Å². The Hall–Kier alpha value is -1.07. The first kappa shape index (κ1) is 19.3. The van der Waals surface area contributed by atoms with Gasteiger partial charge in [-0.25, -0.2) is 4.98 Å². The minimum absolute atomic E-state index is 0.170. The van der Waals surface area contributed by atoms with E-state index >= 15 is 0 Å². The van der Waals surface area contributed by atoms with Gasteiger partial charge in [-0.1, -0.05) is 11.6 Å². The number of aromatic nitrogens is 2. The zero-order valence-corrected chi connectivity index (χ0v) is 14.9. The van der Waals surface area contributed by atoms with Crippen molar-refractivity contribution in [2.75, 3.05) is 0 Å². The molecule has 1 aromatic carbocycles. The molecule has 0 radical (unpaired) electrons. The van der Waals surface area contributed by atoms with E-state index in [0.717, 1.165) is 0 Å². The summed E-state index contributed by atoms with van der Waals surface area (Å²) in [5.41, 5.74) is -4.05. The minimum Gasteiger partial charge on any atom is -0.267 e. The van der Waals surface area contributed by atoms with Crippen LogP contribution in [0, 0.1) is 0 Å². The van der Waals surface area contributed by atoms with E-state index < -0.39 is 34.2 Å². The maximum atomic E-state index is 12.7. The predicted octanol–water partition coefficient (Wildman–Crippen LogP) is 5.45. The Morgan fingerprint density at radius 2 is 1.50 bits per heavy atom. The molecule has 24 heavy (non-hydrogen) atoms. The summed E-state index contributed by atoms with van der Waals surface area (Å²) in [6.07, 6.45) is -9.05. The predicted molar refractivity (Wildman–Crippen MR) is 80.2 cm³/mol. The molecule has 0 unspecified atom stereocenters. The third-order valence-corrected chi connectivity index (χ3v) is 4.32. The van der Waals surface area contributed by atoms with Gasteiger partial charge in [-0.05, 0) is 44.0 Å². The molecule has 0 aliphatic heterocycles. The number of alkyl halides is 6. The summed E-state index contributed by atoms with van der Waals surface area (Å²) in [7, 11) is 0. The summed E-state index contributed by atoms with van der Waals surface area (Å²) in [6, 6.07) is 1.36. The molecule has 130 valence electrons. The highest BCUT2D eigenvalue weighted by atomic mass is 79.9. The smallest absolute Gasteiger partial charge is 0.267 e. The van der Waals surface area contributed by atoms with E-state index in [-0.39, 0.29) is 14.6 Å². The van der Waals surface area contributed by atoms with E-state index in [1.165, 1.54) is 0 Å². The van der Waals surface area contributed by atoms with Crippen LogP contribution in [0.5, 0.6) is 0 Å². The van der Waals surface area contributed by atoms with Crippen molar-refractivity contribution < 1.29 is 26.3 Å². The van der Waals surface area contributed by atoms with Crippen LogP contribution in [0.2, 0.25) is 5.02 Å². The average Bonchev–Trinajstić information content (AvgIpc) is 2.40. The van der Waals surface area contributed by atoms with Crippen LogP contribution < -0.4 is 5.56 Å². The molecule has 0 saturated heterocycles. The van der Waals surface area contributed by atoms with Crippen LogP contribution in [0.4, 0.5) is 26.3 Å². The summed E-state index contributed by atoms with van der Waals surface area (Å²) in [5, 5.41) is -1.19.